The smallest absolute Gasteiger partial charge is 0.279 e. The Bertz CT molecular complexity index is 974. The van der Waals surface area contributed by atoms with Gasteiger partial charge in [0, 0.05) is 5.69 Å². The predicted molar refractivity (Wildman–Crippen MR) is 113 cm³/mol. The van der Waals surface area contributed by atoms with Gasteiger partial charge in [0.15, 0.2) is 11.2 Å². The largest absolute Gasteiger partial charge is 0.481 e. The summed E-state index contributed by atoms with van der Waals surface area (Å²) in [6.07, 6.45) is -0.681. The van der Waals surface area contributed by atoms with Crippen LogP contribution in [-0.2, 0) is 4.79 Å². The third-order valence-corrected chi connectivity index (χ3v) is 4.30. The van der Waals surface area contributed by atoms with Crippen molar-refractivity contribution in [3.63, 3.8) is 0 Å². The number of hydrogen-bond donors (Lipinski definition) is 3. The first-order valence-electron chi connectivity index (χ1n) is 8.61. The van der Waals surface area contributed by atoms with Crippen LogP contribution in [0, 0.1) is 6.92 Å². The summed E-state index contributed by atoms with van der Waals surface area (Å²) in [6, 6.07) is 21.5. The van der Waals surface area contributed by atoms with Crippen LogP contribution in [0.15, 0.2) is 66.7 Å². The van der Waals surface area contributed by atoms with Gasteiger partial charge in [0.2, 0.25) is 0 Å². The van der Waals surface area contributed by atoms with Gasteiger partial charge in [0.05, 0.1) is 0 Å². The Morgan fingerprint density at radius 3 is 2.44 bits per heavy atom. The lowest BCUT2D eigenvalue weighted by Gasteiger charge is -2.17. The Kier molecular flexibility index (Phi) is 5.88. The zero-order valence-corrected chi connectivity index (χ0v) is 16.0. The highest BCUT2D eigenvalue weighted by Gasteiger charge is 2.15. The number of fused-ring (bicyclic) bond motifs is 1. The fourth-order valence-electron chi connectivity index (χ4n) is 2.59. The molecule has 0 saturated carbocycles. The second kappa shape index (κ2) is 8.51. The van der Waals surface area contributed by atoms with E-state index in [9.17, 15) is 4.79 Å². The van der Waals surface area contributed by atoms with E-state index in [1.165, 1.54) is 0 Å². The number of hydrazine groups is 1. The Balaban J connectivity index is 1.52. The number of benzene rings is 3. The number of ether oxygens (including phenoxy) is 1. The minimum Gasteiger partial charge on any atom is -0.481 e. The third kappa shape index (κ3) is 4.95. The van der Waals surface area contributed by atoms with Crippen LogP contribution in [0.2, 0.25) is 0 Å². The predicted octanol–water partition coefficient (Wildman–Crippen LogP) is 3.93. The second-order valence-corrected chi connectivity index (χ2v) is 6.56. The van der Waals surface area contributed by atoms with Crippen molar-refractivity contribution in [2.75, 3.05) is 5.32 Å². The SMILES string of the molecule is Cc1ccccc1NC(=S)NNC(=O)[C@@H](C)Oc1ccc2ccccc2c1. The molecule has 0 heterocycles. The first kappa shape index (κ1) is 18.7. The molecule has 0 bridgehead atoms. The number of hydrogen-bond acceptors (Lipinski definition) is 3. The summed E-state index contributed by atoms with van der Waals surface area (Å²) in [5.41, 5.74) is 7.19. The summed E-state index contributed by atoms with van der Waals surface area (Å²) in [4.78, 5) is 12.2. The van der Waals surface area contributed by atoms with Gasteiger partial charge in [-0.2, -0.15) is 0 Å². The van der Waals surface area contributed by atoms with Crippen molar-refractivity contribution in [1.29, 1.82) is 0 Å². The Morgan fingerprint density at radius 1 is 0.963 bits per heavy atom. The molecule has 0 saturated heterocycles. The molecule has 0 spiro atoms. The van der Waals surface area contributed by atoms with Gasteiger partial charge in [-0.1, -0.05) is 48.5 Å². The molecule has 1 atom stereocenters. The van der Waals surface area contributed by atoms with Crippen LogP contribution >= 0.6 is 12.2 Å². The first-order valence-corrected chi connectivity index (χ1v) is 9.02. The molecular formula is C21H21N3O2S. The molecule has 0 aliphatic heterocycles. The monoisotopic (exact) mass is 379 g/mol. The van der Waals surface area contributed by atoms with Crippen LogP contribution in [-0.4, -0.2) is 17.1 Å². The van der Waals surface area contributed by atoms with Gasteiger partial charge in [-0.25, -0.2) is 0 Å². The normalized spacial score (nSPS) is 11.5. The molecule has 3 rings (SSSR count). The molecular weight excluding hydrogens is 358 g/mol. The summed E-state index contributed by atoms with van der Waals surface area (Å²) in [5.74, 6) is 0.314. The molecule has 1 amide bonds. The minimum absolute atomic E-state index is 0.301. The molecule has 138 valence electrons. The average Bonchev–Trinajstić information content (AvgIpc) is 2.67. The van der Waals surface area contributed by atoms with Gasteiger partial charge < -0.3 is 10.1 Å². The number of amides is 1. The van der Waals surface area contributed by atoms with Crippen LogP contribution in [0.4, 0.5) is 5.69 Å². The molecule has 3 aromatic carbocycles. The number of carbonyl (C=O) groups is 1. The molecule has 0 aliphatic rings. The van der Waals surface area contributed by atoms with E-state index >= 15 is 0 Å². The minimum atomic E-state index is -0.681. The number of para-hydroxylation sites is 1. The first-order chi connectivity index (χ1) is 13.0. The summed E-state index contributed by atoms with van der Waals surface area (Å²) < 4.78 is 5.74. The van der Waals surface area contributed by atoms with Crippen molar-refractivity contribution in [3.05, 3.63) is 72.3 Å². The van der Waals surface area contributed by atoms with Gasteiger partial charge in [-0.3, -0.25) is 15.6 Å². The van der Waals surface area contributed by atoms with Crippen molar-refractivity contribution in [1.82, 2.24) is 10.9 Å². The summed E-state index contributed by atoms with van der Waals surface area (Å²) in [5, 5.41) is 5.52. The number of anilines is 1. The van der Waals surface area contributed by atoms with Crippen LogP contribution in [0.1, 0.15) is 12.5 Å². The van der Waals surface area contributed by atoms with Crippen LogP contribution in [0.5, 0.6) is 5.75 Å². The number of rotatable bonds is 4. The van der Waals surface area contributed by atoms with E-state index < -0.39 is 6.10 Å². The van der Waals surface area contributed by atoms with Crippen LogP contribution < -0.4 is 20.9 Å². The standard InChI is InChI=1S/C21H21N3O2S/c1-14-7-3-6-10-19(14)22-21(27)24-23-20(25)15(2)26-18-12-11-16-8-4-5-9-17(16)13-18/h3-13,15H,1-2H3,(H,23,25)(H2,22,24,27)/t15-/m1/s1. The summed E-state index contributed by atoms with van der Waals surface area (Å²) in [6.45, 7) is 3.66. The van der Waals surface area contributed by atoms with E-state index in [2.05, 4.69) is 16.2 Å². The topological polar surface area (TPSA) is 62.4 Å². The van der Waals surface area contributed by atoms with Crippen molar-refractivity contribution in [2.45, 2.75) is 20.0 Å². The zero-order chi connectivity index (χ0) is 19.2. The van der Waals surface area contributed by atoms with Gasteiger partial charge in [0.1, 0.15) is 5.75 Å². The Hall–Kier alpha value is -3.12. The molecule has 0 unspecified atom stereocenters. The van der Waals surface area contributed by atoms with E-state index in [1.54, 1.807) is 6.92 Å². The molecule has 27 heavy (non-hydrogen) atoms. The maximum absolute atomic E-state index is 12.2. The van der Waals surface area contributed by atoms with E-state index in [0.29, 0.717) is 10.9 Å². The van der Waals surface area contributed by atoms with Gasteiger partial charge in [-0.05, 0) is 60.6 Å². The van der Waals surface area contributed by atoms with Gasteiger partial charge in [-0.15, -0.1) is 0 Å². The number of aryl methyl sites for hydroxylation is 1. The average molecular weight is 379 g/mol. The summed E-state index contributed by atoms with van der Waals surface area (Å²) >= 11 is 5.21. The van der Waals surface area contributed by atoms with Crippen LogP contribution in [0.25, 0.3) is 10.8 Å². The van der Waals surface area contributed by atoms with Gasteiger partial charge in [0.25, 0.3) is 5.91 Å². The molecule has 0 aromatic heterocycles. The molecule has 0 radical (unpaired) electrons. The van der Waals surface area contributed by atoms with Crippen molar-refractivity contribution < 1.29 is 9.53 Å². The highest BCUT2D eigenvalue weighted by Crippen LogP contribution is 2.21. The Morgan fingerprint density at radius 2 is 1.67 bits per heavy atom. The molecule has 5 nitrogen and oxygen atoms in total. The maximum atomic E-state index is 12.2. The molecule has 0 fully saturated rings. The van der Waals surface area contributed by atoms with E-state index in [4.69, 9.17) is 17.0 Å². The highest BCUT2D eigenvalue weighted by atomic mass is 32.1. The maximum Gasteiger partial charge on any atom is 0.279 e. The number of carbonyl (C=O) groups excluding carboxylic acids is 1. The number of thiocarbonyl (C=S) groups is 1. The van der Waals surface area contributed by atoms with Crippen LogP contribution in [0.3, 0.4) is 0 Å². The van der Waals surface area contributed by atoms with Crippen molar-refractivity contribution >= 4 is 39.7 Å². The Labute approximate surface area is 163 Å². The lowest BCUT2D eigenvalue weighted by Crippen LogP contribution is -2.48. The highest BCUT2D eigenvalue weighted by molar-refractivity contribution is 7.80. The quantitative estimate of drug-likeness (QED) is 0.474. The molecule has 3 aromatic rings. The fraction of sp³-hybridized carbons (Fsp3) is 0.143. The van der Waals surface area contributed by atoms with Crippen molar-refractivity contribution in [2.24, 2.45) is 0 Å². The second-order valence-electron chi connectivity index (χ2n) is 6.15. The molecule has 3 N–H and O–H groups in total. The lowest BCUT2D eigenvalue weighted by atomic mass is 10.1. The lowest BCUT2D eigenvalue weighted by molar-refractivity contribution is -0.127. The summed E-state index contributed by atoms with van der Waals surface area (Å²) in [7, 11) is 0. The molecule has 0 aliphatic carbocycles. The van der Waals surface area contributed by atoms with Gasteiger partial charge >= 0.3 is 0 Å². The van der Waals surface area contributed by atoms with E-state index in [-0.39, 0.29) is 5.91 Å². The number of nitrogens with one attached hydrogen (secondary N) is 3. The fourth-order valence-corrected chi connectivity index (χ4v) is 2.75. The molecule has 6 heteroatoms. The van der Waals surface area contributed by atoms with E-state index in [1.807, 2.05) is 73.7 Å². The zero-order valence-electron chi connectivity index (χ0n) is 15.2. The van der Waals surface area contributed by atoms with E-state index in [0.717, 1.165) is 22.0 Å². The van der Waals surface area contributed by atoms with Crippen molar-refractivity contribution in [3.8, 4) is 5.75 Å². The third-order valence-electron chi connectivity index (χ3n) is 4.10.